The Morgan fingerprint density at radius 3 is 2.37 bits per heavy atom. The Kier molecular flexibility index (Phi) is 8.20. The summed E-state index contributed by atoms with van der Waals surface area (Å²) in [7, 11) is 1.58. The summed E-state index contributed by atoms with van der Waals surface area (Å²) in [6.07, 6.45) is 0.898. The van der Waals surface area contributed by atoms with Crippen LogP contribution >= 0.6 is 24.8 Å². The van der Waals surface area contributed by atoms with Crippen LogP contribution in [0.2, 0.25) is 0 Å². The molecule has 1 fully saturated rings. The molecule has 2 heterocycles. The fourth-order valence-corrected chi connectivity index (χ4v) is 2.41. The van der Waals surface area contributed by atoms with Crippen molar-refractivity contribution >= 4 is 36.4 Å². The highest BCUT2D eigenvalue weighted by Gasteiger charge is 2.42. The number of methoxy groups -OCH3 is 1. The van der Waals surface area contributed by atoms with Crippen molar-refractivity contribution in [3.8, 4) is 17.4 Å². The molecule has 0 radical (unpaired) electrons. The Hall–Kier alpha value is -2.16. The van der Waals surface area contributed by atoms with Gasteiger partial charge in [0.15, 0.2) is 0 Å². The molecule has 0 spiro atoms. The van der Waals surface area contributed by atoms with Crippen molar-refractivity contribution in [2.75, 3.05) is 19.0 Å². The molecule has 1 atom stereocenters. The average molecular weight is 422 g/mol. The lowest BCUT2D eigenvalue weighted by molar-refractivity contribution is -0.118. The summed E-state index contributed by atoms with van der Waals surface area (Å²) >= 11 is 0. The van der Waals surface area contributed by atoms with Gasteiger partial charge in [-0.05, 0) is 30.3 Å². The SMILES string of the molecule is COc1ccc(Oc2ccc(NC(=O)C3CC(F)(F)CN3)cn2)cc1.Cl.Cl. The lowest BCUT2D eigenvalue weighted by atomic mass is 10.2. The van der Waals surface area contributed by atoms with E-state index in [1.165, 1.54) is 6.20 Å². The Morgan fingerprint density at radius 1 is 1.19 bits per heavy atom. The fraction of sp³-hybridized carbons (Fsp3) is 0.294. The van der Waals surface area contributed by atoms with Gasteiger partial charge in [-0.1, -0.05) is 0 Å². The molecule has 1 aromatic heterocycles. The molecule has 1 aromatic carbocycles. The van der Waals surface area contributed by atoms with Crippen LogP contribution in [-0.2, 0) is 4.79 Å². The van der Waals surface area contributed by atoms with Crippen LogP contribution < -0.4 is 20.1 Å². The van der Waals surface area contributed by atoms with E-state index in [-0.39, 0.29) is 24.8 Å². The fourth-order valence-electron chi connectivity index (χ4n) is 2.41. The van der Waals surface area contributed by atoms with E-state index >= 15 is 0 Å². The van der Waals surface area contributed by atoms with Gasteiger partial charge in [0.2, 0.25) is 11.8 Å². The Labute approximate surface area is 167 Å². The molecule has 1 aliphatic heterocycles. The maximum absolute atomic E-state index is 13.1. The second-order valence-electron chi connectivity index (χ2n) is 5.65. The zero-order valence-electron chi connectivity index (χ0n) is 14.3. The van der Waals surface area contributed by atoms with Gasteiger partial charge in [0.1, 0.15) is 11.5 Å². The van der Waals surface area contributed by atoms with Gasteiger partial charge in [-0.15, -0.1) is 24.8 Å². The standard InChI is InChI=1S/C17H17F2N3O3.2ClH/c1-24-12-3-5-13(6-4-12)25-15-7-2-11(9-20-15)22-16(23)14-8-17(18,19)10-21-14;;/h2-7,9,14,21H,8,10H2,1H3,(H,22,23);2*1H. The Bertz CT molecular complexity index is 746. The van der Waals surface area contributed by atoms with E-state index in [4.69, 9.17) is 9.47 Å². The molecule has 0 bridgehead atoms. The molecule has 1 saturated heterocycles. The van der Waals surface area contributed by atoms with Gasteiger partial charge in [-0.2, -0.15) is 0 Å². The topological polar surface area (TPSA) is 72.5 Å². The summed E-state index contributed by atoms with van der Waals surface area (Å²) < 4.78 is 36.9. The number of carbonyl (C=O) groups is 1. The maximum Gasteiger partial charge on any atom is 0.262 e. The number of anilines is 1. The van der Waals surface area contributed by atoms with Gasteiger partial charge in [-0.3, -0.25) is 10.1 Å². The minimum Gasteiger partial charge on any atom is -0.497 e. The Balaban J connectivity index is 0.00000182. The average Bonchev–Trinajstić information content (AvgIpc) is 2.97. The summed E-state index contributed by atoms with van der Waals surface area (Å²) in [5, 5.41) is 5.06. The highest BCUT2D eigenvalue weighted by molar-refractivity contribution is 5.95. The van der Waals surface area contributed by atoms with Crippen LogP contribution in [0.1, 0.15) is 6.42 Å². The van der Waals surface area contributed by atoms with Crippen LogP contribution in [0, 0.1) is 0 Å². The van der Waals surface area contributed by atoms with Gasteiger partial charge in [0, 0.05) is 12.5 Å². The number of aromatic nitrogens is 1. The molecule has 10 heteroatoms. The molecule has 1 aliphatic rings. The molecule has 2 aromatic rings. The van der Waals surface area contributed by atoms with Crippen molar-refractivity contribution in [2.24, 2.45) is 0 Å². The summed E-state index contributed by atoms with van der Waals surface area (Å²) in [5.41, 5.74) is 0.407. The molecule has 27 heavy (non-hydrogen) atoms. The number of nitrogens with one attached hydrogen (secondary N) is 2. The lowest BCUT2D eigenvalue weighted by Crippen LogP contribution is -2.35. The van der Waals surface area contributed by atoms with E-state index in [0.717, 1.165) is 0 Å². The van der Waals surface area contributed by atoms with Crippen LogP contribution in [0.3, 0.4) is 0 Å². The molecular weight excluding hydrogens is 403 g/mol. The molecule has 1 unspecified atom stereocenters. The van der Waals surface area contributed by atoms with Crippen molar-refractivity contribution in [3.05, 3.63) is 42.6 Å². The number of halogens is 4. The summed E-state index contributed by atoms with van der Waals surface area (Å²) in [4.78, 5) is 16.0. The highest BCUT2D eigenvalue weighted by atomic mass is 35.5. The number of amides is 1. The minimum atomic E-state index is -2.85. The first kappa shape index (κ1) is 22.9. The van der Waals surface area contributed by atoms with Gasteiger partial charge < -0.3 is 14.8 Å². The molecule has 6 nitrogen and oxygen atoms in total. The molecule has 148 valence electrons. The van der Waals surface area contributed by atoms with Crippen molar-refractivity contribution in [3.63, 3.8) is 0 Å². The predicted molar refractivity (Wildman–Crippen MR) is 102 cm³/mol. The number of carbonyl (C=O) groups excluding carboxylic acids is 1. The summed E-state index contributed by atoms with van der Waals surface area (Å²) in [6, 6.07) is 9.26. The zero-order valence-corrected chi connectivity index (χ0v) is 15.9. The van der Waals surface area contributed by atoms with Gasteiger partial charge in [-0.25, -0.2) is 13.8 Å². The predicted octanol–water partition coefficient (Wildman–Crippen LogP) is 3.66. The molecule has 0 aliphatic carbocycles. The number of rotatable bonds is 5. The first-order chi connectivity index (χ1) is 11.9. The third-order valence-corrected chi connectivity index (χ3v) is 3.71. The number of pyridine rings is 1. The molecule has 2 N–H and O–H groups in total. The minimum absolute atomic E-state index is 0. The van der Waals surface area contributed by atoms with E-state index in [1.54, 1.807) is 43.5 Å². The van der Waals surface area contributed by atoms with Crippen LogP contribution in [0.4, 0.5) is 14.5 Å². The molecule has 3 rings (SSSR count). The van der Waals surface area contributed by atoms with E-state index in [0.29, 0.717) is 23.1 Å². The first-order valence-electron chi connectivity index (χ1n) is 7.65. The Morgan fingerprint density at radius 2 is 1.85 bits per heavy atom. The van der Waals surface area contributed by atoms with Crippen LogP contribution in [0.15, 0.2) is 42.6 Å². The van der Waals surface area contributed by atoms with E-state index in [2.05, 4.69) is 15.6 Å². The summed E-state index contributed by atoms with van der Waals surface area (Å²) in [6.45, 7) is -0.488. The third kappa shape index (κ3) is 6.20. The van der Waals surface area contributed by atoms with Crippen molar-refractivity contribution < 1.29 is 23.0 Å². The van der Waals surface area contributed by atoms with Crippen LogP contribution in [0.25, 0.3) is 0 Å². The van der Waals surface area contributed by atoms with E-state index in [9.17, 15) is 13.6 Å². The van der Waals surface area contributed by atoms with Crippen molar-refractivity contribution in [1.82, 2.24) is 10.3 Å². The molecular formula is C17H19Cl2F2N3O3. The van der Waals surface area contributed by atoms with Gasteiger partial charge in [0.05, 0.1) is 31.6 Å². The van der Waals surface area contributed by atoms with Crippen molar-refractivity contribution in [1.29, 1.82) is 0 Å². The monoisotopic (exact) mass is 421 g/mol. The number of ether oxygens (including phenoxy) is 2. The smallest absolute Gasteiger partial charge is 0.262 e. The van der Waals surface area contributed by atoms with Gasteiger partial charge in [0.25, 0.3) is 5.92 Å². The largest absolute Gasteiger partial charge is 0.497 e. The van der Waals surface area contributed by atoms with Crippen LogP contribution in [-0.4, -0.2) is 36.5 Å². The zero-order chi connectivity index (χ0) is 17.9. The normalized spacial score (nSPS) is 17.2. The number of hydrogen-bond acceptors (Lipinski definition) is 5. The second-order valence-corrected chi connectivity index (χ2v) is 5.65. The highest BCUT2D eigenvalue weighted by Crippen LogP contribution is 2.26. The van der Waals surface area contributed by atoms with E-state index < -0.39 is 30.8 Å². The second kappa shape index (κ2) is 9.68. The molecule has 0 saturated carbocycles. The quantitative estimate of drug-likeness (QED) is 0.770. The van der Waals surface area contributed by atoms with Crippen LogP contribution in [0.5, 0.6) is 17.4 Å². The van der Waals surface area contributed by atoms with E-state index in [1.807, 2.05) is 0 Å². The number of hydrogen-bond donors (Lipinski definition) is 2. The lowest BCUT2D eigenvalue weighted by Gasteiger charge is -2.11. The summed E-state index contributed by atoms with van der Waals surface area (Å²) in [5.74, 6) is -1.72. The van der Waals surface area contributed by atoms with Gasteiger partial charge >= 0.3 is 0 Å². The number of nitrogens with zero attached hydrogens (tertiary/aromatic N) is 1. The number of alkyl halides is 2. The van der Waals surface area contributed by atoms with Crippen molar-refractivity contribution in [2.45, 2.75) is 18.4 Å². The third-order valence-electron chi connectivity index (χ3n) is 3.71. The maximum atomic E-state index is 13.1. The number of benzene rings is 1. The first-order valence-corrected chi connectivity index (χ1v) is 7.65. The molecule has 1 amide bonds.